The van der Waals surface area contributed by atoms with Crippen molar-refractivity contribution in [2.24, 2.45) is 5.73 Å². The molecule has 2 rings (SSSR count). The molecule has 26 heavy (non-hydrogen) atoms. The van der Waals surface area contributed by atoms with Gasteiger partial charge in [0.15, 0.2) is 18.1 Å². The summed E-state index contributed by atoms with van der Waals surface area (Å²) in [5.41, 5.74) is 7.03. The molecule has 0 aliphatic carbocycles. The van der Waals surface area contributed by atoms with Crippen LogP contribution < -0.4 is 25.3 Å². The Kier molecular flexibility index (Phi) is 6.43. The number of benzene rings is 2. The highest BCUT2D eigenvalue weighted by Crippen LogP contribution is 2.29. The van der Waals surface area contributed by atoms with Gasteiger partial charge in [-0.1, -0.05) is 0 Å². The van der Waals surface area contributed by atoms with Gasteiger partial charge in [-0.2, -0.15) is 0 Å². The van der Waals surface area contributed by atoms with Crippen LogP contribution in [0.3, 0.4) is 0 Å². The zero-order valence-corrected chi connectivity index (χ0v) is 15.0. The first-order valence-electron chi connectivity index (χ1n) is 8.08. The molecular weight excluding hydrogens is 336 g/mol. The molecule has 0 aliphatic rings. The van der Waals surface area contributed by atoms with Crippen LogP contribution in [0, 0.1) is 6.92 Å². The van der Waals surface area contributed by atoms with Gasteiger partial charge in [-0.25, -0.2) is 0 Å². The number of anilines is 1. The number of amides is 2. The molecule has 0 atom stereocenters. The molecule has 0 aliphatic heterocycles. The maximum absolute atomic E-state index is 12.5. The lowest BCUT2D eigenvalue weighted by molar-refractivity contribution is -0.119. The van der Waals surface area contributed by atoms with E-state index < -0.39 is 5.91 Å². The van der Waals surface area contributed by atoms with Crippen molar-refractivity contribution in [3.05, 3.63) is 47.5 Å². The first-order valence-corrected chi connectivity index (χ1v) is 8.08. The summed E-state index contributed by atoms with van der Waals surface area (Å²) >= 11 is 0. The first-order chi connectivity index (χ1) is 12.4. The fourth-order valence-electron chi connectivity index (χ4n) is 2.30. The van der Waals surface area contributed by atoms with E-state index in [1.54, 1.807) is 24.3 Å². The lowest BCUT2D eigenvalue weighted by Crippen LogP contribution is -2.20. The Morgan fingerprint density at radius 1 is 1.08 bits per heavy atom. The van der Waals surface area contributed by atoms with Crippen molar-refractivity contribution in [3.8, 4) is 17.2 Å². The zero-order chi connectivity index (χ0) is 19.1. The third kappa shape index (κ3) is 4.89. The molecule has 0 saturated carbocycles. The van der Waals surface area contributed by atoms with Crippen molar-refractivity contribution in [1.82, 2.24) is 0 Å². The molecular formula is C19H22N2O5. The molecule has 0 spiro atoms. The third-order valence-corrected chi connectivity index (χ3v) is 3.55. The van der Waals surface area contributed by atoms with Crippen molar-refractivity contribution in [2.45, 2.75) is 13.8 Å². The fraction of sp³-hybridized carbons (Fsp3) is 0.263. The number of nitrogens with two attached hydrogens (primary N) is 1. The summed E-state index contributed by atoms with van der Waals surface area (Å²) < 4.78 is 15.9. The van der Waals surface area contributed by atoms with Crippen LogP contribution in [0.2, 0.25) is 0 Å². The van der Waals surface area contributed by atoms with E-state index in [4.69, 9.17) is 19.9 Å². The second-order valence-corrected chi connectivity index (χ2v) is 5.48. The Morgan fingerprint density at radius 3 is 2.46 bits per heavy atom. The number of hydrogen-bond donors (Lipinski definition) is 2. The number of hydrogen-bond acceptors (Lipinski definition) is 5. The molecule has 0 aromatic heterocycles. The second-order valence-electron chi connectivity index (χ2n) is 5.48. The molecule has 3 N–H and O–H groups in total. The number of carbonyl (C=O) groups excluding carboxylic acids is 2. The van der Waals surface area contributed by atoms with Gasteiger partial charge in [0.1, 0.15) is 5.75 Å². The van der Waals surface area contributed by atoms with E-state index in [9.17, 15) is 9.59 Å². The van der Waals surface area contributed by atoms with Gasteiger partial charge >= 0.3 is 0 Å². The smallest absolute Gasteiger partial charge is 0.255 e. The van der Waals surface area contributed by atoms with Gasteiger partial charge in [-0.15, -0.1) is 0 Å². The number of rotatable bonds is 8. The molecule has 7 heteroatoms. The first kappa shape index (κ1) is 19.1. The minimum Gasteiger partial charge on any atom is -0.494 e. The van der Waals surface area contributed by atoms with Crippen LogP contribution in [0.5, 0.6) is 17.2 Å². The van der Waals surface area contributed by atoms with Crippen LogP contribution in [0.4, 0.5) is 5.69 Å². The third-order valence-electron chi connectivity index (χ3n) is 3.55. The van der Waals surface area contributed by atoms with Crippen LogP contribution in [-0.4, -0.2) is 32.1 Å². The van der Waals surface area contributed by atoms with Gasteiger partial charge in [-0.3, -0.25) is 9.59 Å². The van der Waals surface area contributed by atoms with Crippen LogP contribution >= 0.6 is 0 Å². The standard InChI is InChI=1S/C19H22N2O5/c1-4-25-14-6-7-15(12(2)9-14)21-19(23)13-5-8-16(17(10-13)24-3)26-11-18(20)22/h5-10H,4,11H2,1-3H3,(H2,20,22)(H,21,23). The van der Waals surface area contributed by atoms with E-state index in [0.29, 0.717) is 29.4 Å². The topological polar surface area (TPSA) is 99.9 Å². The summed E-state index contributed by atoms with van der Waals surface area (Å²) in [5, 5.41) is 2.85. The van der Waals surface area contributed by atoms with Crippen molar-refractivity contribution in [1.29, 1.82) is 0 Å². The van der Waals surface area contributed by atoms with Crippen LogP contribution in [0.15, 0.2) is 36.4 Å². The number of aryl methyl sites for hydroxylation is 1. The van der Waals surface area contributed by atoms with E-state index in [0.717, 1.165) is 11.3 Å². The Labute approximate surface area is 152 Å². The van der Waals surface area contributed by atoms with Crippen LogP contribution in [0.1, 0.15) is 22.8 Å². The molecule has 0 fully saturated rings. The average molecular weight is 358 g/mol. The monoisotopic (exact) mass is 358 g/mol. The average Bonchev–Trinajstić information content (AvgIpc) is 2.62. The number of nitrogens with one attached hydrogen (secondary N) is 1. The fourth-order valence-corrected chi connectivity index (χ4v) is 2.30. The summed E-state index contributed by atoms with van der Waals surface area (Å²) in [7, 11) is 1.45. The summed E-state index contributed by atoms with van der Waals surface area (Å²) in [5.74, 6) is 0.528. The Balaban J connectivity index is 2.15. The largest absolute Gasteiger partial charge is 0.494 e. The summed E-state index contributed by atoms with van der Waals surface area (Å²) in [6.45, 7) is 4.11. The molecule has 0 bridgehead atoms. The van der Waals surface area contributed by atoms with Crippen molar-refractivity contribution in [3.63, 3.8) is 0 Å². The molecule has 2 amide bonds. The van der Waals surface area contributed by atoms with Gasteiger partial charge in [0.2, 0.25) is 0 Å². The minimum atomic E-state index is -0.597. The summed E-state index contributed by atoms with van der Waals surface area (Å²) in [6.07, 6.45) is 0. The molecule has 2 aromatic carbocycles. The van der Waals surface area contributed by atoms with Crippen molar-refractivity contribution < 1.29 is 23.8 Å². The van der Waals surface area contributed by atoms with Crippen LogP contribution in [-0.2, 0) is 4.79 Å². The van der Waals surface area contributed by atoms with Gasteiger partial charge in [-0.05, 0) is 55.8 Å². The van der Waals surface area contributed by atoms with E-state index in [-0.39, 0.29) is 12.5 Å². The summed E-state index contributed by atoms with van der Waals surface area (Å²) in [6, 6.07) is 10.1. The number of carbonyl (C=O) groups is 2. The van der Waals surface area contributed by atoms with E-state index >= 15 is 0 Å². The second kappa shape index (κ2) is 8.75. The van der Waals surface area contributed by atoms with Crippen molar-refractivity contribution in [2.75, 3.05) is 25.6 Å². The maximum Gasteiger partial charge on any atom is 0.255 e. The molecule has 0 unspecified atom stereocenters. The predicted octanol–water partition coefficient (Wildman–Crippen LogP) is 2.52. The SMILES string of the molecule is CCOc1ccc(NC(=O)c2ccc(OCC(N)=O)c(OC)c2)c(C)c1. The maximum atomic E-state index is 12.5. The molecule has 138 valence electrons. The zero-order valence-electron chi connectivity index (χ0n) is 15.0. The highest BCUT2D eigenvalue weighted by atomic mass is 16.5. The molecule has 0 radical (unpaired) electrons. The van der Waals surface area contributed by atoms with Crippen LogP contribution in [0.25, 0.3) is 0 Å². The highest BCUT2D eigenvalue weighted by molar-refractivity contribution is 6.05. The lowest BCUT2D eigenvalue weighted by atomic mass is 10.1. The van der Waals surface area contributed by atoms with E-state index in [1.165, 1.54) is 13.2 Å². The minimum absolute atomic E-state index is 0.271. The molecule has 0 heterocycles. The Bertz CT molecular complexity index is 805. The number of ether oxygens (including phenoxy) is 3. The Hall–Kier alpha value is -3.22. The van der Waals surface area contributed by atoms with Gasteiger partial charge < -0.3 is 25.3 Å². The van der Waals surface area contributed by atoms with E-state index in [2.05, 4.69) is 5.32 Å². The molecule has 0 saturated heterocycles. The quantitative estimate of drug-likeness (QED) is 0.755. The molecule has 2 aromatic rings. The van der Waals surface area contributed by atoms with Gasteiger partial charge in [0, 0.05) is 11.3 Å². The van der Waals surface area contributed by atoms with Crippen molar-refractivity contribution >= 4 is 17.5 Å². The van der Waals surface area contributed by atoms with E-state index in [1.807, 2.05) is 19.9 Å². The van der Waals surface area contributed by atoms with Gasteiger partial charge in [0.25, 0.3) is 11.8 Å². The number of methoxy groups -OCH3 is 1. The Morgan fingerprint density at radius 2 is 1.85 bits per heavy atom. The predicted molar refractivity (Wildman–Crippen MR) is 98.0 cm³/mol. The normalized spacial score (nSPS) is 10.1. The lowest BCUT2D eigenvalue weighted by Gasteiger charge is -2.13. The molecule has 7 nitrogen and oxygen atoms in total. The van der Waals surface area contributed by atoms with Gasteiger partial charge in [0.05, 0.1) is 13.7 Å². The summed E-state index contributed by atoms with van der Waals surface area (Å²) in [4.78, 5) is 23.3. The highest BCUT2D eigenvalue weighted by Gasteiger charge is 2.13. The number of primary amides is 1.